The van der Waals surface area contributed by atoms with Crippen LogP contribution in [-0.2, 0) is 13.0 Å². The summed E-state index contributed by atoms with van der Waals surface area (Å²) in [6, 6.07) is 11.2. The molecule has 1 aliphatic rings. The van der Waals surface area contributed by atoms with Crippen LogP contribution in [0.2, 0.25) is 0 Å². The van der Waals surface area contributed by atoms with E-state index in [0.29, 0.717) is 11.5 Å². The smallest absolute Gasteiger partial charge is 0.252 e. The summed E-state index contributed by atoms with van der Waals surface area (Å²) in [5.41, 5.74) is 3.67. The number of hydrogen-bond donors (Lipinski definition) is 2. The Morgan fingerprint density at radius 3 is 2.93 bits per heavy atom. The van der Waals surface area contributed by atoms with Crippen LogP contribution in [-0.4, -0.2) is 15.5 Å². The first-order valence-electron chi connectivity index (χ1n) is 9.64. The molecule has 1 aliphatic carbocycles. The Morgan fingerprint density at radius 2 is 2.11 bits per heavy atom. The Morgan fingerprint density at radius 1 is 1.26 bits per heavy atom. The maximum atomic E-state index is 13.0. The molecule has 0 bridgehead atoms. The average molecular weight is 363 g/mol. The van der Waals surface area contributed by atoms with Crippen molar-refractivity contribution in [2.75, 3.05) is 0 Å². The minimum atomic E-state index is -0.0861. The van der Waals surface area contributed by atoms with Crippen molar-refractivity contribution in [3.05, 3.63) is 69.8 Å². The molecule has 0 fully saturated rings. The second-order valence-electron chi connectivity index (χ2n) is 7.78. The zero-order valence-electron chi connectivity index (χ0n) is 15.8. The van der Waals surface area contributed by atoms with Crippen molar-refractivity contribution in [1.29, 1.82) is 0 Å². The van der Waals surface area contributed by atoms with Gasteiger partial charge in [0, 0.05) is 41.0 Å². The van der Waals surface area contributed by atoms with Gasteiger partial charge in [-0.2, -0.15) is 0 Å². The summed E-state index contributed by atoms with van der Waals surface area (Å²) in [6.07, 6.45) is 4.75. The van der Waals surface area contributed by atoms with E-state index in [9.17, 15) is 9.59 Å². The predicted octanol–water partition coefficient (Wildman–Crippen LogP) is 3.79. The molecule has 5 nitrogen and oxygen atoms in total. The Labute approximate surface area is 158 Å². The molecule has 1 aromatic carbocycles. The van der Waals surface area contributed by atoms with E-state index in [2.05, 4.69) is 41.0 Å². The van der Waals surface area contributed by atoms with Gasteiger partial charge in [0.05, 0.1) is 6.04 Å². The van der Waals surface area contributed by atoms with Crippen LogP contribution in [0.3, 0.4) is 0 Å². The summed E-state index contributed by atoms with van der Waals surface area (Å²) in [7, 11) is 0. The molecule has 1 amide bonds. The van der Waals surface area contributed by atoms with E-state index in [1.54, 1.807) is 0 Å². The number of carbonyl (C=O) groups excluding carboxylic acids is 1. The molecule has 0 spiro atoms. The number of rotatable bonds is 4. The third-order valence-corrected chi connectivity index (χ3v) is 5.26. The highest BCUT2D eigenvalue weighted by Gasteiger charge is 2.23. The Hall–Kier alpha value is -2.82. The first-order valence-corrected chi connectivity index (χ1v) is 9.64. The number of hydrogen-bond acceptors (Lipinski definition) is 2. The van der Waals surface area contributed by atoms with E-state index in [1.807, 2.05) is 24.3 Å². The van der Waals surface area contributed by atoms with E-state index in [4.69, 9.17) is 0 Å². The lowest BCUT2D eigenvalue weighted by Gasteiger charge is -2.26. The van der Waals surface area contributed by atoms with Gasteiger partial charge in [0.25, 0.3) is 5.91 Å². The molecule has 0 saturated heterocycles. The molecule has 140 valence electrons. The Kier molecular flexibility index (Phi) is 4.60. The van der Waals surface area contributed by atoms with E-state index in [1.165, 1.54) is 6.07 Å². The van der Waals surface area contributed by atoms with Crippen molar-refractivity contribution in [1.82, 2.24) is 14.9 Å². The fourth-order valence-electron chi connectivity index (χ4n) is 4.06. The lowest BCUT2D eigenvalue weighted by atomic mass is 9.91. The van der Waals surface area contributed by atoms with Crippen LogP contribution >= 0.6 is 0 Å². The van der Waals surface area contributed by atoms with Gasteiger partial charge in [-0.25, -0.2) is 0 Å². The molecule has 5 heteroatoms. The van der Waals surface area contributed by atoms with Gasteiger partial charge in [-0.05, 0) is 55.0 Å². The minimum Gasteiger partial charge on any atom is -0.347 e. The van der Waals surface area contributed by atoms with Crippen LogP contribution in [0.25, 0.3) is 10.9 Å². The highest BCUT2D eigenvalue weighted by molar-refractivity contribution is 6.06. The number of aromatic amines is 1. The van der Waals surface area contributed by atoms with Gasteiger partial charge < -0.3 is 14.9 Å². The SMILES string of the molecule is CC(C)Cn1ccc2c(C(=O)NC3CCCc4[nH]c(=O)ccc43)cccc21. The van der Waals surface area contributed by atoms with Crippen LogP contribution in [0.15, 0.2) is 47.4 Å². The number of benzene rings is 1. The van der Waals surface area contributed by atoms with Gasteiger partial charge in [0.15, 0.2) is 0 Å². The van der Waals surface area contributed by atoms with Gasteiger partial charge in [0.1, 0.15) is 0 Å². The fourth-order valence-corrected chi connectivity index (χ4v) is 4.06. The molecule has 3 aromatic rings. The number of nitrogens with one attached hydrogen (secondary N) is 2. The average Bonchev–Trinajstić information content (AvgIpc) is 3.04. The second-order valence-corrected chi connectivity index (χ2v) is 7.78. The van der Waals surface area contributed by atoms with Gasteiger partial charge in [-0.1, -0.05) is 19.9 Å². The van der Waals surface area contributed by atoms with Crippen LogP contribution < -0.4 is 10.9 Å². The highest BCUT2D eigenvalue weighted by atomic mass is 16.1. The Bertz CT molecular complexity index is 1050. The summed E-state index contributed by atoms with van der Waals surface area (Å²) in [5, 5.41) is 4.16. The molecule has 0 aliphatic heterocycles. The number of nitrogens with zero attached hydrogens (tertiary/aromatic N) is 1. The minimum absolute atomic E-state index is 0.0630. The van der Waals surface area contributed by atoms with Crippen molar-refractivity contribution in [2.45, 2.75) is 45.7 Å². The van der Waals surface area contributed by atoms with Gasteiger partial charge in [-0.15, -0.1) is 0 Å². The quantitative estimate of drug-likeness (QED) is 0.740. The summed E-state index contributed by atoms with van der Waals surface area (Å²) in [5.74, 6) is 0.478. The number of carbonyl (C=O) groups is 1. The zero-order chi connectivity index (χ0) is 19.0. The number of pyridine rings is 1. The fraction of sp³-hybridized carbons (Fsp3) is 0.364. The summed E-state index contributed by atoms with van der Waals surface area (Å²) in [6.45, 7) is 5.30. The predicted molar refractivity (Wildman–Crippen MR) is 107 cm³/mol. The van der Waals surface area contributed by atoms with E-state index >= 15 is 0 Å². The first kappa shape index (κ1) is 17.6. The molecular weight excluding hydrogens is 338 g/mol. The first-order chi connectivity index (χ1) is 13.0. The van der Waals surface area contributed by atoms with Crippen molar-refractivity contribution >= 4 is 16.8 Å². The van der Waals surface area contributed by atoms with Gasteiger partial charge in [-0.3, -0.25) is 9.59 Å². The lowest BCUT2D eigenvalue weighted by Crippen LogP contribution is -2.32. The number of aryl methyl sites for hydroxylation is 1. The molecule has 1 unspecified atom stereocenters. The number of H-pyrrole nitrogens is 1. The third kappa shape index (κ3) is 3.42. The monoisotopic (exact) mass is 363 g/mol. The zero-order valence-corrected chi connectivity index (χ0v) is 15.8. The van der Waals surface area contributed by atoms with E-state index in [-0.39, 0.29) is 17.5 Å². The van der Waals surface area contributed by atoms with Crippen LogP contribution in [0.5, 0.6) is 0 Å². The van der Waals surface area contributed by atoms with Gasteiger partial charge >= 0.3 is 0 Å². The van der Waals surface area contributed by atoms with Crippen molar-refractivity contribution in [3.63, 3.8) is 0 Å². The molecule has 1 atom stereocenters. The summed E-state index contributed by atoms with van der Waals surface area (Å²) < 4.78 is 2.21. The number of fused-ring (bicyclic) bond motifs is 2. The summed E-state index contributed by atoms with van der Waals surface area (Å²) >= 11 is 0. The van der Waals surface area contributed by atoms with Crippen LogP contribution in [0.4, 0.5) is 0 Å². The molecule has 27 heavy (non-hydrogen) atoms. The lowest BCUT2D eigenvalue weighted by molar-refractivity contribution is 0.0934. The standard InChI is InChI=1S/C22H25N3O2/c1-14(2)13-25-12-11-15-16(5-3-8-20(15)25)22(27)24-19-7-4-6-18-17(19)9-10-21(26)23-18/h3,5,8-12,14,19H,4,6-7,13H2,1-2H3,(H,23,26)(H,24,27). The maximum absolute atomic E-state index is 13.0. The van der Waals surface area contributed by atoms with E-state index in [0.717, 1.165) is 48.0 Å². The number of aromatic nitrogens is 2. The highest BCUT2D eigenvalue weighted by Crippen LogP contribution is 2.29. The Balaban J connectivity index is 1.63. The molecule has 2 aromatic heterocycles. The molecule has 0 radical (unpaired) electrons. The molecular formula is C22H25N3O2. The molecule has 2 heterocycles. The largest absolute Gasteiger partial charge is 0.347 e. The summed E-state index contributed by atoms with van der Waals surface area (Å²) in [4.78, 5) is 27.5. The maximum Gasteiger partial charge on any atom is 0.252 e. The van der Waals surface area contributed by atoms with Crippen molar-refractivity contribution in [2.24, 2.45) is 5.92 Å². The molecule has 0 saturated carbocycles. The molecule has 2 N–H and O–H groups in total. The van der Waals surface area contributed by atoms with Crippen LogP contribution in [0, 0.1) is 5.92 Å². The second kappa shape index (κ2) is 7.06. The van der Waals surface area contributed by atoms with E-state index < -0.39 is 0 Å². The van der Waals surface area contributed by atoms with Crippen molar-refractivity contribution < 1.29 is 4.79 Å². The van der Waals surface area contributed by atoms with Crippen molar-refractivity contribution in [3.8, 4) is 0 Å². The normalized spacial score (nSPS) is 16.5. The van der Waals surface area contributed by atoms with Gasteiger partial charge in [0.2, 0.25) is 5.56 Å². The topological polar surface area (TPSA) is 66.9 Å². The number of amides is 1. The molecule has 4 rings (SSSR count). The third-order valence-electron chi connectivity index (χ3n) is 5.26. The van der Waals surface area contributed by atoms with Crippen LogP contribution in [0.1, 0.15) is 54.3 Å².